The van der Waals surface area contributed by atoms with Gasteiger partial charge < -0.3 is 14.9 Å². The molecule has 5 rings (SSSR count). The number of amides is 1. The Balaban J connectivity index is 1.86. The van der Waals surface area contributed by atoms with Crippen molar-refractivity contribution in [1.29, 1.82) is 0 Å². The summed E-state index contributed by atoms with van der Waals surface area (Å²) in [6.07, 6.45) is 2.38. The molecule has 1 aliphatic rings. The number of rotatable bonds is 5. The molecule has 3 aromatic heterocycles. The van der Waals surface area contributed by atoms with E-state index in [0.717, 1.165) is 22.8 Å². The third kappa shape index (κ3) is 4.86. The molecule has 4 heterocycles. The van der Waals surface area contributed by atoms with E-state index in [0.29, 0.717) is 0 Å². The number of fused-ring (bicyclic) bond motifs is 1. The molecule has 1 fully saturated rings. The fourth-order valence-corrected chi connectivity index (χ4v) is 5.79. The molecule has 218 valence electrons. The Morgan fingerprint density at radius 1 is 1.19 bits per heavy atom. The molecule has 3 N–H and O–H groups in total. The normalized spacial score (nSPS) is 15.7. The smallest absolute Gasteiger partial charge is 0.355 e. The first-order valence-corrected chi connectivity index (χ1v) is 14.2. The maximum absolute atomic E-state index is 15.7. The summed E-state index contributed by atoms with van der Waals surface area (Å²) in [7, 11) is -4.49. The number of aryl methyl sites for hydroxylation is 1. The van der Waals surface area contributed by atoms with Gasteiger partial charge in [-0.25, -0.2) is 41.7 Å². The number of anilines is 1. The fourth-order valence-electron chi connectivity index (χ4n) is 5.06. The zero-order chi connectivity index (χ0) is 30.5. The van der Waals surface area contributed by atoms with Gasteiger partial charge in [-0.1, -0.05) is 12.6 Å². The zero-order valence-electron chi connectivity index (χ0n) is 22.5. The second-order valence-electron chi connectivity index (χ2n) is 9.73. The topological polar surface area (TPSA) is 165 Å². The molecule has 4 aromatic rings. The predicted octanol–water partition coefficient (Wildman–Crippen LogP) is 2.01. The van der Waals surface area contributed by atoms with Crippen LogP contribution in [0.1, 0.15) is 12.5 Å². The summed E-state index contributed by atoms with van der Waals surface area (Å²) in [5.74, 6) is -2.90. The summed E-state index contributed by atoms with van der Waals surface area (Å²) in [4.78, 5) is 41.5. The van der Waals surface area contributed by atoms with Crippen LogP contribution in [0, 0.1) is 18.6 Å². The highest BCUT2D eigenvalue weighted by Crippen LogP contribution is 2.36. The maximum atomic E-state index is 15.7. The Labute approximate surface area is 238 Å². The van der Waals surface area contributed by atoms with Crippen molar-refractivity contribution in [3.63, 3.8) is 0 Å². The molecular weight excluding hydrogens is 572 g/mol. The number of sulfonamides is 1. The van der Waals surface area contributed by atoms with Crippen LogP contribution >= 0.6 is 0 Å². The lowest BCUT2D eigenvalue weighted by Gasteiger charge is -2.40. The summed E-state index contributed by atoms with van der Waals surface area (Å²) in [6.45, 7) is 7.48. The summed E-state index contributed by atoms with van der Waals surface area (Å²) in [6, 6.07) is 5.39. The Bertz CT molecular complexity index is 1930. The number of nitrogens with two attached hydrogens (primary N) is 1. The van der Waals surface area contributed by atoms with Crippen LogP contribution in [-0.4, -0.2) is 69.5 Å². The van der Waals surface area contributed by atoms with Crippen LogP contribution in [-0.2, 0) is 14.8 Å². The first kappa shape index (κ1) is 28.8. The monoisotopic (exact) mass is 597 g/mol. The van der Waals surface area contributed by atoms with Crippen molar-refractivity contribution < 1.29 is 27.1 Å². The molecule has 0 saturated carbocycles. The highest BCUT2D eigenvalue weighted by Gasteiger charge is 2.31. The Morgan fingerprint density at radius 3 is 2.57 bits per heavy atom. The standard InChI is InChI=1S/C27H25F2N7O5S/c1-4-20(38)34-10-11-35(15(3)13-34)24-16-12-18(29)22(21-17(28)6-5-7-19(21)37)32-25(16)36(27(39)33-24)23-14(2)8-9-31-26(23)42(30,40)41/h4-9,12,15,37H,1,10-11,13H2,2-3H3,(H2,30,40,41)/t15-/m0/s1. The number of halogens is 2. The van der Waals surface area contributed by atoms with E-state index < -0.39 is 55.4 Å². The van der Waals surface area contributed by atoms with Gasteiger partial charge in [-0.15, -0.1) is 0 Å². The molecule has 42 heavy (non-hydrogen) atoms. The molecule has 0 bridgehead atoms. The van der Waals surface area contributed by atoms with E-state index in [1.807, 2.05) is 0 Å². The minimum atomic E-state index is -4.49. The number of nitrogens with zero attached hydrogens (tertiary/aromatic N) is 6. The number of hydrogen-bond acceptors (Lipinski definition) is 9. The predicted molar refractivity (Wildman–Crippen MR) is 150 cm³/mol. The molecule has 1 aromatic carbocycles. The Hall–Kier alpha value is -4.76. The van der Waals surface area contributed by atoms with E-state index in [1.165, 1.54) is 31.3 Å². The lowest BCUT2D eigenvalue weighted by molar-refractivity contribution is -0.126. The van der Waals surface area contributed by atoms with Crippen molar-refractivity contribution in [3.8, 4) is 22.7 Å². The number of aromatic nitrogens is 4. The molecule has 0 aliphatic carbocycles. The first-order valence-electron chi connectivity index (χ1n) is 12.6. The number of pyridine rings is 2. The summed E-state index contributed by atoms with van der Waals surface area (Å²) < 4.78 is 56.4. The third-order valence-corrected chi connectivity index (χ3v) is 7.84. The van der Waals surface area contributed by atoms with E-state index in [2.05, 4.69) is 21.5 Å². The van der Waals surface area contributed by atoms with E-state index >= 15 is 4.39 Å². The number of phenolic OH excluding ortho intramolecular Hbond substituents is 1. The summed E-state index contributed by atoms with van der Waals surface area (Å²) >= 11 is 0. The van der Waals surface area contributed by atoms with Crippen molar-refractivity contribution in [2.45, 2.75) is 24.9 Å². The van der Waals surface area contributed by atoms with E-state index in [9.17, 15) is 27.5 Å². The van der Waals surface area contributed by atoms with Crippen LogP contribution in [0.4, 0.5) is 14.6 Å². The number of primary sulfonamides is 1. The van der Waals surface area contributed by atoms with Crippen molar-refractivity contribution in [2.75, 3.05) is 24.5 Å². The first-order chi connectivity index (χ1) is 19.8. The lowest BCUT2D eigenvalue weighted by Crippen LogP contribution is -2.54. The minimum absolute atomic E-state index is 0.0128. The second-order valence-corrected chi connectivity index (χ2v) is 11.2. The molecule has 15 heteroatoms. The van der Waals surface area contributed by atoms with Gasteiger partial charge in [0.15, 0.2) is 16.5 Å². The number of carbonyl (C=O) groups excluding carboxylic acids is 1. The van der Waals surface area contributed by atoms with Crippen molar-refractivity contribution in [3.05, 3.63) is 76.9 Å². The molecule has 1 atom stereocenters. The molecule has 0 spiro atoms. The van der Waals surface area contributed by atoms with Crippen LogP contribution < -0.4 is 15.7 Å². The number of carbonyl (C=O) groups is 1. The van der Waals surface area contributed by atoms with E-state index in [4.69, 9.17) is 5.14 Å². The second kappa shape index (κ2) is 10.6. The van der Waals surface area contributed by atoms with Gasteiger partial charge >= 0.3 is 5.69 Å². The zero-order valence-corrected chi connectivity index (χ0v) is 23.3. The number of phenols is 1. The number of piperazine rings is 1. The Kier molecular flexibility index (Phi) is 7.24. The molecule has 1 saturated heterocycles. The fraction of sp³-hybridized carbons (Fsp3) is 0.222. The largest absolute Gasteiger partial charge is 0.507 e. The van der Waals surface area contributed by atoms with Gasteiger partial charge in [-0.05, 0) is 49.8 Å². The molecule has 0 radical (unpaired) electrons. The summed E-state index contributed by atoms with van der Waals surface area (Å²) in [5, 5.41) is 15.1. The van der Waals surface area contributed by atoms with Gasteiger partial charge in [-0.3, -0.25) is 4.79 Å². The number of aromatic hydroxyl groups is 1. The van der Waals surface area contributed by atoms with Crippen LogP contribution in [0.2, 0.25) is 0 Å². The van der Waals surface area contributed by atoms with Gasteiger partial charge in [0.25, 0.3) is 10.0 Å². The van der Waals surface area contributed by atoms with Crippen LogP contribution in [0.5, 0.6) is 5.75 Å². The minimum Gasteiger partial charge on any atom is -0.507 e. The molecule has 1 amide bonds. The average molecular weight is 598 g/mol. The third-order valence-electron chi connectivity index (χ3n) is 7.00. The van der Waals surface area contributed by atoms with Crippen LogP contribution in [0.3, 0.4) is 0 Å². The van der Waals surface area contributed by atoms with E-state index in [1.54, 1.807) is 16.7 Å². The highest BCUT2D eigenvalue weighted by atomic mass is 32.2. The van der Waals surface area contributed by atoms with Crippen molar-refractivity contribution >= 4 is 32.8 Å². The highest BCUT2D eigenvalue weighted by molar-refractivity contribution is 7.89. The maximum Gasteiger partial charge on any atom is 0.355 e. The van der Waals surface area contributed by atoms with Gasteiger partial charge in [0.1, 0.15) is 23.1 Å². The molecule has 12 nitrogen and oxygen atoms in total. The quantitative estimate of drug-likeness (QED) is 0.328. The summed E-state index contributed by atoms with van der Waals surface area (Å²) in [5.41, 5.74) is -2.50. The van der Waals surface area contributed by atoms with E-state index in [-0.39, 0.29) is 53.6 Å². The molecular formula is C27H25F2N7O5S. The molecule has 0 unspecified atom stereocenters. The Morgan fingerprint density at radius 2 is 1.93 bits per heavy atom. The van der Waals surface area contributed by atoms with Crippen LogP contribution in [0.15, 0.2) is 59.0 Å². The molecule has 1 aliphatic heterocycles. The number of benzene rings is 1. The lowest BCUT2D eigenvalue weighted by atomic mass is 10.1. The average Bonchev–Trinajstić information content (AvgIpc) is 2.92. The van der Waals surface area contributed by atoms with Gasteiger partial charge in [-0.2, -0.15) is 4.98 Å². The van der Waals surface area contributed by atoms with Crippen molar-refractivity contribution in [1.82, 2.24) is 24.4 Å². The van der Waals surface area contributed by atoms with Gasteiger partial charge in [0.05, 0.1) is 16.6 Å². The van der Waals surface area contributed by atoms with Crippen LogP contribution in [0.25, 0.3) is 28.0 Å². The SMILES string of the molecule is C=CC(=O)N1CCN(c2nc(=O)n(-c3c(C)ccnc3S(N)(=O)=O)c3nc(-c4c(O)cccc4F)c(F)cc23)[C@@H](C)C1. The van der Waals surface area contributed by atoms with Gasteiger partial charge in [0, 0.05) is 31.9 Å². The van der Waals surface area contributed by atoms with Gasteiger partial charge in [0.2, 0.25) is 5.91 Å². The number of hydrogen-bond donors (Lipinski definition) is 2. The van der Waals surface area contributed by atoms with Crippen molar-refractivity contribution in [2.24, 2.45) is 5.14 Å².